The lowest BCUT2D eigenvalue weighted by molar-refractivity contribution is 0.0702. The SMILES string of the molecule is CCCN(C(=O)c1cc2sc(N(CC)CC)nc2s1)C1CCS(=O)(=O)C1. The number of thiophene rings is 1. The van der Waals surface area contributed by atoms with Crippen LogP contribution >= 0.6 is 22.7 Å². The molecule has 0 saturated carbocycles. The topological polar surface area (TPSA) is 70.6 Å². The third-order valence-corrected chi connectivity index (χ3v) is 8.66. The van der Waals surface area contributed by atoms with Gasteiger partial charge in [-0.2, -0.15) is 0 Å². The maximum atomic E-state index is 13.0. The van der Waals surface area contributed by atoms with E-state index in [1.54, 1.807) is 16.2 Å². The van der Waals surface area contributed by atoms with Crippen molar-refractivity contribution in [2.45, 2.75) is 39.7 Å². The van der Waals surface area contributed by atoms with Crippen molar-refractivity contribution >= 4 is 53.1 Å². The highest BCUT2D eigenvalue weighted by molar-refractivity contribution is 7.91. The quantitative estimate of drug-likeness (QED) is 0.694. The molecule has 1 aliphatic rings. The monoisotopic (exact) mass is 415 g/mol. The molecule has 1 saturated heterocycles. The van der Waals surface area contributed by atoms with Crippen molar-refractivity contribution in [3.63, 3.8) is 0 Å². The summed E-state index contributed by atoms with van der Waals surface area (Å²) in [6.45, 7) is 8.61. The normalized spacial score (nSPS) is 19.1. The van der Waals surface area contributed by atoms with Gasteiger partial charge in [0.2, 0.25) is 0 Å². The van der Waals surface area contributed by atoms with Crippen LogP contribution in [-0.2, 0) is 9.84 Å². The Bertz CT molecular complexity index is 852. The highest BCUT2D eigenvalue weighted by atomic mass is 32.2. The van der Waals surface area contributed by atoms with Gasteiger partial charge in [0, 0.05) is 25.7 Å². The Morgan fingerprint density at radius 2 is 2.00 bits per heavy atom. The largest absolute Gasteiger partial charge is 0.349 e. The Morgan fingerprint density at radius 3 is 2.54 bits per heavy atom. The number of hydrogen-bond acceptors (Lipinski definition) is 7. The van der Waals surface area contributed by atoms with Crippen molar-refractivity contribution in [2.24, 2.45) is 0 Å². The van der Waals surface area contributed by atoms with Crippen molar-refractivity contribution in [2.75, 3.05) is 36.0 Å². The Kier molecular flexibility index (Phi) is 5.88. The number of fused-ring (bicyclic) bond motifs is 1. The van der Waals surface area contributed by atoms with Crippen molar-refractivity contribution in [3.05, 3.63) is 10.9 Å². The summed E-state index contributed by atoms with van der Waals surface area (Å²) in [4.78, 5) is 23.2. The molecular weight excluding hydrogens is 390 g/mol. The molecule has 1 unspecified atom stereocenters. The second-order valence-corrected chi connectivity index (χ2v) is 10.8. The van der Waals surface area contributed by atoms with Gasteiger partial charge < -0.3 is 9.80 Å². The minimum atomic E-state index is -3.02. The number of hydrogen-bond donors (Lipinski definition) is 0. The van der Waals surface area contributed by atoms with Crippen LogP contribution in [0.5, 0.6) is 0 Å². The van der Waals surface area contributed by atoms with Crippen molar-refractivity contribution in [1.82, 2.24) is 9.88 Å². The first-order chi connectivity index (χ1) is 12.4. The summed E-state index contributed by atoms with van der Waals surface area (Å²) in [5.41, 5.74) is 0. The third kappa shape index (κ3) is 3.89. The summed E-state index contributed by atoms with van der Waals surface area (Å²) in [5.74, 6) is 0.205. The molecule has 0 aliphatic carbocycles. The van der Waals surface area contributed by atoms with E-state index in [-0.39, 0.29) is 23.5 Å². The standard InChI is InChI=1S/C17H25N3O3S3/c1-4-8-20(12-7-9-26(22,23)11-12)16(21)14-10-13-15(24-14)18-17(25-13)19(5-2)6-3/h10,12H,4-9,11H2,1-3H3. The fourth-order valence-corrected chi connectivity index (χ4v) is 7.34. The molecular formula is C17H25N3O3S3. The Labute approximate surface area is 162 Å². The number of sulfone groups is 1. The number of carbonyl (C=O) groups excluding carboxylic acids is 1. The molecule has 3 rings (SSSR count). The smallest absolute Gasteiger partial charge is 0.264 e. The average Bonchev–Trinajstić information content (AvgIpc) is 3.26. The van der Waals surface area contributed by atoms with Gasteiger partial charge in [-0.15, -0.1) is 11.3 Å². The van der Waals surface area contributed by atoms with Crippen LogP contribution in [0.15, 0.2) is 6.07 Å². The number of anilines is 1. The van der Waals surface area contributed by atoms with E-state index in [4.69, 9.17) is 0 Å². The molecule has 1 aliphatic heterocycles. The van der Waals surface area contributed by atoms with Crippen LogP contribution in [0.3, 0.4) is 0 Å². The van der Waals surface area contributed by atoms with Crippen LogP contribution in [0.4, 0.5) is 5.13 Å². The predicted octanol–water partition coefficient (Wildman–Crippen LogP) is 3.24. The van der Waals surface area contributed by atoms with Crippen LogP contribution in [0.1, 0.15) is 43.3 Å². The Balaban J connectivity index is 1.84. The Hall–Kier alpha value is -1.19. The third-order valence-electron chi connectivity index (χ3n) is 4.70. The highest BCUT2D eigenvalue weighted by Crippen LogP contribution is 2.35. The fourth-order valence-electron chi connectivity index (χ4n) is 3.31. The van der Waals surface area contributed by atoms with Gasteiger partial charge in [-0.3, -0.25) is 4.79 Å². The van der Waals surface area contributed by atoms with Crippen LogP contribution in [-0.4, -0.2) is 61.4 Å². The average molecular weight is 416 g/mol. The Morgan fingerprint density at radius 1 is 1.27 bits per heavy atom. The van der Waals surface area contributed by atoms with E-state index in [0.29, 0.717) is 17.8 Å². The minimum absolute atomic E-state index is 0.0615. The minimum Gasteiger partial charge on any atom is -0.349 e. The van der Waals surface area contributed by atoms with Gasteiger partial charge in [-0.1, -0.05) is 18.3 Å². The molecule has 1 atom stereocenters. The van der Waals surface area contributed by atoms with Gasteiger partial charge in [-0.25, -0.2) is 13.4 Å². The van der Waals surface area contributed by atoms with Gasteiger partial charge in [0.25, 0.3) is 5.91 Å². The highest BCUT2D eigenvalue weighted by Gasteiger charge is 2.35. The molecule has 2 aromatic rings. The number of rotatable bonds is 7. The van der Waals surface area contributed by atoms with E-state index >= 15 is 0 Å². The maximum Gasteiger partial charge on any atom is 0.264 e. The van der Waals surface area contributed by atoms with Gasteiger partial charge in [0.15, 0.2) is 15.0 Å². The number of thiazole rings is 1. The number of aromatic nitrogens is 1. The zero-order chi connectivity index (χ0) is 18.9. The molecule has 0 spiro atoms. The first kappa shape index (κ1) is 19.6. The first-order valence-electron chi connectivity index (χ1n) is 9.05. The summed E-state index contributed by atoms with van der Waals surface area (Å²) < 4.78 is 24.7. The van der Waals surface area contributed by atoms with Crippen LogP contribution in [0.25, 0.3) is 9.53 Å². The van der Waals surface area contributed by atoms with Crippen LogP contribution < -0.4 is 4.90 Å². The molecule has 6 nitrogen and oxygen atoms in total. The van der Waals surface area contributed by atoms with Crippen LogP contribution in [0, 0.1) is 0 Å². The summed E-state index contributed by atoms with van der Waals surface area (Å²) >= 11 is 3.02. The van der Waals surface area contributed by atoms with Crippen molar-refractivity contribution in [3.8, 4) is 0 Å². The number of carbonyl (C=O) groups is 1. The molecule has 2 aromatic heterocycles. The van der Waals surface area contributed by atoms with Gasteiger partial charge in [-0.05, 0) is 32.8 Å². The molecule has 1 amide bonds. The molecule has 1 fully saturated rings. The van der Waals surface area contributed by atoms with E-state index in [1.165, 1.54) is 11.3 Å². The van der Waals surface area contributed by atoms with E-state index in [2.05, 4.69) is 23.7 Å². The second kappa shape index (κ2) is 7.82. The molecule has 0 aromatic carbocycles. The van der Waals surface area contributed by atoms with E-state index in [9.17, 15) is 13.2 Å². The molecule has 26 heavy (non-hydrogen) atoms. The molecule has 9 heteroatoms. The van der Waals surface area contributed by atoms with Gasteiger partial charge in [0.05, 0.1) is 21.1 Å². The molecule has 3 heterocycles. The zero-order valence-corrected chi connectivity index (χ0v) is 17.8. The lowest BCUT2D eigenvalue weighted by Crippen LogP contribution is -2.41. The predicted molar refractivity (Wildman–Crippen MR) is 109 cm³/mol. The summed E-state index contributed by atoms with van der Waals surface area (Å²) in [6.07, 6.45) is 1.35. The summed E-state index contributed by atoms with van der Waals surface area (Å²) in [5, 5.41) is 0.988. The van der Waals surface area contributed by atoms with Crippen molar-refractivity contribution < 1.29 is 13.2 Å². The fraction of sp³-hybridized carbons (Fsp3) is 0.647. The van der Waals surface area contributed by atoms with Crippen LogP contribution in [0.2, 0.25) is 0 Å². The summed E-state index contributed by atoms with van der Waals surface area (Å²) in [6, 6.07) is 1.71. The van der Waals surface area contributed by atoms with E-state index in [0.717, 1.165) is 34.2 Å². The number of amides is 1. The molecule has 0 radical (unpaired) electrons. The zero-order valence-electron chi connectivity index (χ0n) is 15.4. The van der Waals surface area contributed by atoms with Gasteiger partial charge >= 0.3 is 0 Å². The lowest BCUT2D eigenvalue weighted by Gasteiger charge is -2.27. The van der Waals surface area contributed by atoms with Crippen molar-refractivity contribution in [1.29, 1.82) is 0 Å². The first-order valence-corrected chi connectivity index (χ1v) is 12.5. The molecule has 0 bridgehead atoms. The lowest BCUT2D eigenvalue weighted by atomic mass is 10.2. The summed E-state index contributed by atoms with van der Waals surface area (Å²) in [7, 11) is -3.02. The molecule has 0 N–H and O–H groups in total. The number of nitrogens with zero attached hydrogens (tertiary/aromatic N) is 3. The van der Waals surface area contributed by atoms with E-state index < -0.39 is 9.84 Å². The van der Waals surface area contributed by atoms with Gasteiger partial charge in [0.1, 0.15) is 4.83 Å². The molecule has 144 valence electrons. The van der Waals surface area contributed by atoms with E-state index in [1.807, 2.05) is 13.0 Å². The second-order valence-electron chi connectivity index (χ2n) is 6.50. The maximum absolute atomic E-state index is 13.0.